The second-order valence-electron chi connectivity index (χ2n) is 13.3. The minimum Gasteiger partial charge on any atom is -0.497 e. The SMILES string of the molecule is COc1ccc2[nH]cc(C3CCN(OC(=O)NCC4CCC(c5ccccc5)(N(C)C)CC4)CC3)c2c1.O=C(O)CC(O)(CC(=O)O)C(=O)O. The second kappa shape index (κ2) is 16.8. The molecule has 50 heavy (non-hydrogen) atoms. The van der Waals surface area contributed by atoms with Crippen LogP contribution in [0.15, 0.2) is 54.7 Å². The maximum atomic E-state index is 12.6. The molecule has 3 aromatic rings. The van der Waals surface area contributed by atoms with E-state index in [9.17, 15) is 19.2 Å². The normalized spacial score (nSPS) is 20.1. The van der Waals surface area contributed by atoms with Crippen molar-refractivity contribution in [1.29, 1.82) is 0 Å². The summed E-state index contributed by atoms with van der Waals surface area (Å²) in [6.07, 6.45) is 5.77. The first-order valence-electron chi connectivity index (χ1n) is 16.7. The first kappa shape index (κ1) is 38.1. The molecular formula is C36H48N4O10. The number of aliphatic carboxylic acids is 3. The molecule has 2 heterocycles. The van der Waals surface area contributed by atoms with E-state index in [1.165, 1.54) is 16.5 Å². The molecule has 1 saturated carbocycles. The van der Waals surface area contributed by atoms with Crippen LogP contribution in [0.2, 0.25) is 0 Å². The predicted molar refractivity (Wildman–Crippen MR) is 184 cm³/mol. The average molecular weight is 697 g/mol. The number of carboxylic acid groups (broad SMARTS) is 3. The number of rotatable bonds is 12. The molecule has 14 nitrogen and oxygen atoms in total. The summed E-state index contributed by atoms with van der Waals surface area (Å²) >= 11 is 0. The highest BCUT2D eigenvalue weighted by Gasteiger charge is 2.41. The van der Waals surface area contributed by atoms with Gasteiger partial charge in [-0.1, -0.05) is 30.3 Å². The van der Waals surface area contributed by atoms with Gasteiger partial charge in [0.2, 0.25) is 0 Å². The van der Waals surface area contributed by atoms with E-state index in [2.05, 4.69) is 78.0 Å². The van der Waals surface area contributed by atoms with E-state index < -0.39 is 36.4 Å². The Morgan fingerprint density at radius 1 is 0.960 bits per heavy atom. The number of nitrogens with one attached hydrogen (secondary N) is 2. The van der Waals surface area contributed by atoms with E-state index >= 15 is 0 Å². The zero-order valence-electron chi connectivity index (χ0n) is 28.8. The molecule has 1 aromatic heterocycles. The third-order valence-corrected chi connectivity index (χ3v) is 9.95. The van der Waals surface area contributed by atoms with Gasteiger partial charge < -0.3 is 40.3 Å². The highest BCUT2D eigenvalue weighted by Crippen LogP contribution is 2.43. The number of H-pyrrole nitrogens is 1. The molecule has 0 spiro atoms. The van der Waals surface area contributed by atoms with Crippen LogP contribution in [0, 0.1) is 5.92 Å². The number of hydrogen-bond donors (Lipinski definition) is 6. The maximum Gasteiger partial charge on any atom is 0.426 e. The van der Waals surface area contributed by atoms with Crippen LogP contribution < -0.4 is 10.1 Å². The first-order chi connectivity index (χ1) is 23.8. The van der Waals surface area contributed by atoms with E-state index in [0.717, 1.165) is 62.9 Å². The molecule has 2 fully saturated rings. The highest BCUT2D eigenvalue weighted by molar-refractivity contribution is 5.88. The summed E-state index contributed by atoms with van der Waals surface area (Å²) in [5.41, 5.74) is 1.18. The van der Waals surface area contributed by atoms with Crippen molar-refractivity contribution in [2.75, 3.05) is 40.8 Å². The lowest BCUT2D eigenvalue weighted by Gasteiger charge is -2.45. The third kappa shape index (κ3) is 9.52. The van der Waals surface area contributed by atoms with Crippen LogP contribution >= 0.6 is 0 Å². The zero-order valence-corrected chi connectivity index (χ0v) is 28.8. The van der Waals surface area contributed by atoms with Gasteiger partial charge in [0.05, 0.1) is 20.0 Å². The first-order valence-corrected chi connectivity index (χ1v) is 16.7. The summed E-state index contributed by atoms with van der Waals surface area (Å²) in [5, 5.41) is 39.9. The summed E-state index contributed by atoms with van der Waals surface area (Å²) in [6, 6.07) is 17.0. The van der Waals surface area contributed by atoms with E-state index in [4.69, 9.17) is 30.0 Å². The Morgan fingerprint density at radius 3 is 2.12 bits per heavy atom. The minimum atomic E-state index is -2.74. The number of aromatic amines is 1. The summed E-state index contributed by atoms with van der Waals surface area (Å²) in [7, 11) is 6.06. The van der Waals surface area contributed by atoms with Crippen LogP contribution in [0.4, 0.5) is 4.79 Å². The van der Waals surface area contributed by atoms with Crippen LogP contribution in [0.1, 0.15) is 68.4 Å². The molecule has 272 valence electrons. The van der Waals surface area contributed by atoms with Gasteiger partial charge in [-0.3, -0.25) is 14.5 Å². The number of benzene rings is 2. The van der Waals surface area contributed by atoms with Crippen molar-refractivity contribution in [3.05, 3.63) is 65.9 Å². The number of carbonyl (C=O) groups is 4. The van der Waals surface area contributed by atoms with Gasteiger partial charge in [-0.15, -0.1) is 5.06 Å². The molecule has 0 atom stereocenters. The van der Waals surface area contributed by atoms with Gasteiger partial charge in [0.1, 0.15) is 5.75 Å². The number of piperidine rings is 1. The minimum absolute atomic E-state index is 0.0819. The van der Waals surface area contributed by atoms with Crippen molar-refractivity contribution in [2.24, 2.45) is 5.92 Å². The molecule has 0 bridgehead atoms. The maximum absolute atomic E-state index is 12.6. The van der Waals surface area contributed by atoms with Crippen molar-refractivity contribution in [1.82, 2.24) is 20.3 Å². The number of aliphatic hydroxyl groups is 1. The summed E-state index contributed by atoms with van der Waals surface area (Å²) in [4.78, 5) is 54.5. The van der Waals surface area contributed by atoms with Crippen molar-refractivity contribution >= 4 is 34.9 Å². The fourth-order valence-electron chi connectivity index (χ4n) is 7.04. The fraction of sp³-hybridized carbons (Fsp3) is 0.500. The lowest BCUT2D eigenvalue weighted by molar-refractivity contribution is -0.170. The lowest BCUT2D eigenvalue weighted by Crippen LogP contribution is -2.46. The summed E-state index contributed by atoms with van der Waals surface area (Å²) in [5.74, 6) is -3.23. The molecule has 0 unspecified atom stereocenters. The number of hydrogen-bond acceptors (Lipinski definition) is 9. The van der Waals surface area contributed by atoms with Gasteiger partial charge in [-0.2, -0.15) is 0 Å². The molecule has 1 aliphatic carbocycles. The number of ether oxygens (including phenoxy) is 1. The number of aromatic nitrogens is 1. The predicted octanol–water partition coefficient (Wildman–Crippen LogP) is 4.40. The van der Waals surface area contributed by atoms with Crippen LogP contribution in [0.5, 0.6) is 5.75 Å². The summed E-state index contributed by atoms with van der Waals surface area (Å²) < 4.78 is 5.41. The monoisotopic (exact) mass is 696 g/mol. The van der Waals surface area contributed by atoms with Gasteiger partial charge in [0, 0.05) is 42.3 Å². The molecule has 0 radical (unpaired) electrons. The van der Waals surface area contributed by atoms with Gasteiger partial charge in [0.15, 0.2) is 5.60 Å². The van der Waals surface area contributed by atoms with E-state index in [1.807, 2.05) is 11.1 Å². The van der Waals surface area contributed by atoms with Gasteiger partial charge in [0.25, 0.3) is 0 Å². The van der Waals surface area contributed by atoms with Crippen LogP contribution in [0.25, 0.3) is 10.9 Å². The average Bonchev–Trinajstić information content (AvgIpc) is 3.51. The number of hydroxylamine groups is 2. The zero-order chi connectivity index (χ0) is 36.5. The quantitative estimate of drug-likeness (QED) is 0.156. The molecule has 2 aliphatic rings. The largest absolute Gasteiger partial charge is 0.497 e. The Balaban J connectivity index is 0.000000369. The van der Waals surface area contributed by atoms with Crippen LogP contribution in [0.3, 0.4) is 0 Å². The Labute approximate surface area is 290 Å². The Hall–Kier alpha value is -4.66. The fourth-order valence-corrected chi connectivity index (χ4v) is 7.04. The Morgan fingerprint density at radius 2 is 1.58 bits per heavy atom. The smallest absolute Gasteiger partial charge is 0.426 e. The van der Waals surface area contributed by atoms with Crippen molar-refractivity contribution in [3.63, 3.8) is 0 Å². The van der Waals surface area contributed by atoms with Gasteiger partial charge in [-0.25, -0.2) is 9.59 Å². The molecule has 14 heteroatoms. The van der Waals surface area contributed by atoms with E-state index in [-0.39, 0.29) is 11.6 Å². The molecule has 6 N–H and O–H groups in total. The number of nitrogens with zero attached hydrogens (tertiary/aromatic N) is 2. The van der Waals surface area contributed by atoms with E-state index in [0.29, 0.717) is 18.4 Å². The van der Waals surface area contributed by atoms with Crippen molar-refractivity contribution in [2.45, 2.75) is 68.4 Å². The molecule has 2 aromatic carbocycles. The van der Waals surface area contributed by atoms with Crippen LogP contribution in [-0.2, 0) is 24.8 Å². The van der Waals surface area contributed by atoms with Crippen LogP contribution in [-0.4, -0.2) is 106 Å². The van der Waals surface area contributed by atoms with Gasteiger partial charge >= 0.3 is 24.0 Å². The topological polar surface area (TPSA) is 202 Å². The number of amides is 1. The Kier molecular flexibility index (Phi) is 12.8. The van der Waals surface area contributed by atoms with Crippen molar-refractivity contribution < 1.29 is 49.2 Å². The third-order valence-electron chi connectivity index (χ3n) is 9.95. The number of methoxy groups -OCH3 is 1. The number of carbonyl (C=O) groups excluding carboxylic acids is 1. The lowest BCUT2D eigenvalue weighted by atomic mass is 9.72. The molecule has 1 saturated heterocycles. The number of carboxylic acids is 3. The molecule has 1 aliphatic heterocycles. The highest BCUT2D eigenvalue weighted by atomic mass is 16.7. The van der Waals surface area contributed by atoms with Crippen molar-refractivity contribution in [3.8, 4) is 5.75 Å². The van der Waals surface area contributed by atoms with E-state index in [1.54, 1.807) is 7.11 Å². The Bertz CT molecular complexity index is 1590. The summed E-state index contributed by atoms with van der Waals surface area (Å²) in [6.45, 7) is 2.14. The van der Waals surface area contributed by atoms with Gasteiger partial charge in [-0.05, 0) is 93.8 Å². The standard InChI is InChI=1S/C30H40N4O3.C6H8O7/c1-33(2)30(24-7-5-4-6-8-24)15-11-22(12-16-30)20-32-29(35)37-34-17-13-23(14-18-34)27-21-31-28-10-9-25(36-3)19-26(27)28;7-3(8)1-6(13,5(11)12)2-4(9)10/h4-10,19,21-23,31H,11-18,20H2,1-3H3,(H,32,35);13H,1-2H2,(H,7,8)(H,9,10)(H,11,12). The molecule has 1 amide bonds. The molecular weight excluding hydrogens is 648 g/mol. The number of fused-ring (bicyclic) bond motifs is 1. The molecule has 5 rings (SSSR count). The second-order valence-corrected chi connectivity index (χ2v) is 13.3.